The molecule has 0 saturated carbocycles. The van der Waals surface area contributed by atoms with E-state index in [1.807, 2.05) is 0 Å². The van der Waals surface area contributed by atoms with Gasteiger partial charge in [0.2, 0.25) is 10.0 Å². The van der Waals surface area contributed by atoms with Gasteiger partial charge in [-0.2, -0.15) is 5.26 Å². The molecule has 4 rings (SSSR count). The number of benzene rings is 2. The lowest BCUT2D eigenvalue weighted by Gasteiger charge is -2.35. The van der Waals surface area contributed by atoms with Crippen LogP contribution in [0.3, 0.4) is 0 Å². The van der Waals surface area contributed by atoms with E-state index in [-0.39, 0.29) is 29.8 Å². The second-order valence-electron chi connectivity index (χ2n) is 9.54. The maximum atomic E-state index is 15.2. The number of hydrogen-bond acceptors (Lipinski definition) is 8. The minimum absolute atomic E-state index is 0.0252. The van der Waals surface area contributed by atoms with Crippen LogP contribution in [0.1, 0.15) is 42.1 Å². The number of nitrogens with two attached hydrogens (primary N) is 1. The van der Waals surface area contributed by atoms with Crippen LogP contribution in [-0.4, -0.2) is 72.0 Å². The molecule has 1 heterocycles. The smallest absolute Gasteiger partial charge is 0.240 e. The monoisotopic (exact) mass is 580 g/mol. The Labute approximate surface area is 234 Å². The van der Waals surface area contributed by atoms with Gasteiger partial charge >= 0.3 is 0 Å². The quantitative estimate of drug-likeness (QED) is 0.346. The molecular weight excluding hydrogens is 547 g/mol. The van der Waals surface area contributed by atoms with Gasteiger partial charge in [-0.25, -0.2) is 17.5 Å². The van der Waals surface area contributed by atoms with Crippen molar-refractivity contribution >= 4 is 21.6 Å². The van der Waals surface area contributed by atoms with E-state index in [2.05, 4.69) is 15.7 Å². The highest BCUT2D eigenvalue weighted by molar-refractivity contribution is 7.89. The third-order valence-corrected chi connectivity index (χ3v) is 8.62. The number of nitriles is 1. The molecular formula is C27H34ClFN4O5S. The van der Waals surface area contributed by atoms with Gasteiger partial charge in [0, 0.05) is 18.1 Å². The Hall–Kier alpha value is -2.30. The molecule has 0 spiro atoms. The van der Waals surface area contributed by atoms with Crippen LogP contribution in [0.25, 0.3) is 0 Å². The van der Waals surface area contributed by atoms with Crippen molar-refractivity contribution in [2.24, 2.45) is 5.73 Å². The van der Waals surface area contributed by atoms with Crippen LogP contribution < -0.4 is 15.2 Å². The van der Waals surface area contributed by atoms with Gasteiger partial charge in [-0.1, -0.05) is 18.0 Å². The van der Waals surface area contributed by atoms with E-state index in [0.29, 0.717) is 43.4 Å². The van der Waals surface area contributed by atoms with E-state index in [9.17, 15) is 13.7 Å². The fourth-order valence-electron chi connectivity index (χ4n) is 5.09. The van der Waals surface area contributed by atoms with Crippen LogP contribution in [0.15, 0.2) is 35.2 Å². The predicted molar refractivity (Wildman–Crippen MR) is 145 cm³/mol. The van der Waals surface area contributed by atoms with Gasteiger partial charge in [-0.05, 0) is 73.8 Å². The molecule has 1 saturated heterocycles. The standard InChI is InChI=1S/C27H34ClFN4O5S/c28-20-14-19(18-31)22-17-25(33-8-2-1-3-9-33)27(23(22)15-20)38-26-5-4-21(16-24(26)29)39(34,35)32-7-11-37-13-12-36-10-6-30/h4-5,14-16,25,27,32H,1-3,6-13,17,30H2/t25-,27-/m0/s1. The lowest BCUT2D eigenvalue weighted by Crippen LogP contribution is -2.43. The lowest BCUT2D eigenvalue weighted by molar-refractivity contribution is 0.0530. The molecule has 1 aliphatic heterocycles. The Morgan fingerprint density at radius 3 is 2.54 bits per heavy atom. The van der Waals surface area contributed by atoms with Crippen LogP contribution in [0.2, 0.25) is 5.02 Å². The molecule has 3 N–H and O–H groups in total. The van der Waals surface area contributed by atoms with Crippen molar-refractivity contribution in [3.8, 4) is 11.8 Å². The summed E-state index contributed by atoms with van der Waals surface area (Å²) in [6.45, 7) is 3.48. The molecule has 2 aromatic carbocycles. The molecule has 9 nitrogen and oxygen atoms in total. The van der Waals surface area contributed by atoms with E-state index >= 15 is 4.39 Å². The summed E-state index contributed by atoms with van der Waals surface area (Å²) in [6, 6.07) is 9.14. The topological polar surface area (TPSA) is 127 Å². The number of nitrogens with zero attached hydrogens (tertiary/aromatic N) is 2. The molecule has 1 aliphatic carbocycles. The predicted octanol–water partition coefficient (Wildman–Crippen LogP) is 3.15. The third-order valence-electron chi connectivity index (χ3n) is 6.94. The zero-order chi connectivity index (χ0) is 27.8. The van der Waals surface area contributed by atoms with Gasteiger partial charge in [0.15, 0.2) is 11.6 Å². The molecule has 1 fully saturated rings. The second kappa shape index (κ2) is 13.9. The molecule has 2 aromatic rings. The largest absolute Gasteiger partial charge is 0.481 e. The van der Waals surface area contributed by atoms with Crippen molar-refractivity contribution in [1.82, 2.24) is 9.62 Å². The van der Waals surface area contributed by atoms with Crippen LogP contribution in [0.4, 0.5) is 4.39 Å². The normalized spacial score (nSPS) is 19.5. The van der Waals surface area contributed by atoms with Crippen molar-refractivity contribution in [3.63, 3.8) is 0 Å². The Balaban J connectivity index is 1.46. The Morgan fingerprint density at radius 1 is 1.10 bits per heavy atom. The fraction of sp³-hybridized carbons (Fsp3) is 0.519. The maximum absolute atomic E-state index is 15.2. The average Bonchev–Trinajstić information content (AvgIpc) is 3.29. The summed E-state index contributed by atoms with van der Waals surface area (Å²) in [5, 5.41) is 10.1. The fourth-order valence-corrected chi connectivity index (χ4v) is 6.34. The number of hydrogen-bond donors (Lipinski definition) is 2. The molecule has 212 valence electrons. The molecule has 0 aromatic heterocycles. The second-order valence-corrected chi connectivity index (χ2v) is 11.7. The third kappa shape index (κ3) is 7.46. The highest BCUT2D eigenvalue weighted by atomic mass is 35.5. The lowest BCUT2D eigenvalue weighted by atomic mass is 10.0. The van der Waals surface area contributed by atoms with Gasteiger partial charge in [0.05, 0.1) is 49.0 Å². The van der Waals surface area contributed by atoms with E-state index in [0.717, 1.165) is 49.5 Å². The summed E-state index contributed by atoms with van der Waals surface area (Å²) >= 11 is 6.31. The molecule has 2 aliphatic rings. The van der Waals surface area contributed by atoms with Gasteiger partial charge in [0.1, 0.15) is 6.10 Å². The Bertz CT molecular complexity index is 1280. The summed E-state index contributed by atoms with van der Waals surface area (Å²) in [5.74, 6) is -0.854. The van der Waals surface area contributed by atoms with Gasteiger partial charge in [0.25, 0.3) is 0 Å². The van der Waals surface area contributed by atoms with Crippen molar-refractivity contribution < 1.29 is 27.0 Å². The number of halogens is 2. The zero-order valence-corrected chi connectivity index (χ0v) is 23.3. The number of nitrogens with one attached hydrogen (secondary N) is 1. The summed E-state index contributed by atoms with van der Waals surface area (Å²) in [7, 11) is -3.95. The highest BCUT2D eigenvalue weighted by Crippen LogP contribution is 2.42. The Morgan fingerprint density at radius 2 is 1.85 bits per heavy atom. The number of fused-ring (bicyclic) bond motifs is 1. The summed E-state index contributed by atoms with van der Waals surface area (Å²) in [4.78, 5) is 2.11. The zero-order valence-electron chi connectivity index (χ0n) is 21.7. The molecule has 0 radical (unpaired) electrons. The van der Waals surface area contributed by atoms with Crippen LogP contribution >= 0.6 is 11.6 Å². The highest BCUT2D eigenvalue weighted by Gasteiger charge is 2.40. The SMILES string of the molecule is N#Cc1cc(Cl)cc2c1C[C@H](N1CCCCC1)[C@H]2Oc1ccc(S(=O)(=O)NCCOCCOCCN)cc1F. The summed E-state index contributed by atoms with van der Waals surface area (Å²) in [6.07, 6.45) is 3.33. The number of likely N-dealkylation sites (tertiary alicyclic amines) is 1. The Kier molecular flexibility index (Phi) is 10.5. The molecule has 0 unspecified atom stereocenters. The average molecular weight is 581 g/mol. The number of rotatable bonds is 13. The van der Waals surface area contributed by atoms with Crippen molar-refractivity contribution in [1.29, 1.82) is 5.26 Å². The maximum Gasteiger partial charge on any atom is 0.240 e. The van der Waals surface area contributed by atoms with Gasteiger partial charge in [-0.3, -0.25) is 4.90 Å². The van der Waals surface area contributed by atoms with Gasteiger partial charge in [-0.15, -0.1) is 0 Å². The van der Waals surface area contributed by atoms with Crippen LogP contribution in [0, 0.1) is 17.1 Å². The van der Waals surface area contributed by atoms with E-state index < -0.39 is 21.9 Å². The number of sulfonamides is 1. The van der Waals surface area contributed by atoms with E-state index in [4.69, 9.17) is 31.5 Å². The van der Waals surface area contributed by atoms with E-state index in [1.165, 1.54) is 12.1 Å². The first kappa shape index (κ1) is 29.7. The van der Waals surface area contributed by atoms with Gasteiger partial charge < -0.3 is 19.9 Å². The van der Waals surface area contributed by atoms with Crippen molar-refractivity contribution in [3.05, 3.63) is 57.9 Å². The number of piperidine rings is 1. The molecule has 0 amide bonds. The first-order valence-electron chi connectivity index (χ1n) is 13.1. The molecule has 0 bridgehead atoms. The van der Waals surface area contributed by atoms with Crippen LogP contribution in [-0.2, 0) is 25.9 Å². The van der Waals surface area contributed by atoms with E-state index in [1.54, 1.807) is 12.1 Å². The first-order valence-corrected chi connectivity index (χ1v) is 15.0. The molecule has 12 heteroatoms. The van der Waals surface area contributed by atoms with Crippen LogP contribution in [0.5, 0.6) is 5.75 Å². The minimum atomic E-state index is -3.95. The number of ether oxygens (including phenoxy) is 3. The van der Waals surface area contributed by atoms with Crippen molar-refractivity contribution in [2.75, 3.05) is 52.6 Å². The molecule has 39 heavy (non-hydrogen) atoms. The summed E-state index contributed by atoms with van der Waals surface area (Å²) < 4.78 is 59.7. The summed E-state index contributed by atoms with van der Waals surface area (Å²) in [5.41, 5.74) is 7.45. The first-order chi connectivity index (χ1) is 18.8. The minimum Gasteiger partial charge on any atom is -0.481 e. The van der Waals surface area contributed by atoms with Crippen molar-refractivity contribution in [2.45, 2.75) is 42.7 Å². The molecule has 2 atom stereocenters.